The maximum atomic E-state index is 13.7. The van der Waals surface area contributed by atoms with E-state index in [4.69, 9.17) is 9.47 Å². The average molecular weight is 499 g/mol. The number of amides is 1. The Kier molecular flexibility index (Phi) is 5.56. The number of ether oxygens (including phenoxy) is 2. The Balaban J connectivity index is 1.24. The maximum absolute atomic E-state index is 13.7. The molecule has 2 N–H and O–H groups in total. The van der Waals surface area contributed by atoms with Crippen LogP contribution in [0.4, 0.5) is 21.6 Å². The number of aromatic amines is 1. The molecule has 1 aliphatic rings. The second kappa shape index (κ2) is 9.05. The number of aromatic nitrogens is 4. The molecule has 3 heterocycles. The van der Waals surface area contributed by atoms with Gasteiger partial charge in [-0.3, -0.25) is 9.89 Å². The van der Waals surface area contributed by atoms with Crippen LogP contribution in [0.2, 0.25) is 0 Å². The summed E-state index contributed by atoms with van der Waals surface area (Å²) in [5, 5.41) is 11.9. The van der Waals surface area contributed by atoms with Crippen LogP contribution >= 0.6 is 0 Å². The monoisotopic (exact) mass is 498 g/mol. The van der Waals surface area contributed by atoms with E-state index < -0.39 is 0 Å². The number of H-pyrrole nitrogens is 1. The molecule has 0 fully saturated rings. The molecule has 3 aromatic carbocycles. The highest BCUT2D eigenvalue weighted by molar-refractivity contribution is 5.99. The summed E-state index contributed by atoms with van der Waals surface area (Å²) in [6.45, 7) is 0.575. The van der Waals surface area contributed by atoms with E-state index >= 15 is 0 Å². The molecule has 37 heavy (non-hydrogen) atoms. The number of rotatable bonds is 6. The van der Waals surface area contributed by atoms with Gasteiger partial charge < -0.3 is 19.7 Å². The van der Waals surface area contributed by atoms with Gasteiger partial charge in [0.05, 0.1) is 37.4 Å². The van der Waals surface area contributed by atoms with Gasteiger partial charge in [0.1, 0.15) is 18.0 Å². The summed E-state index contributed by atoms with van der Waals surface area (Å²) in [5.74, 6) is 1.38. The Hall–Kier alpha value is -4.73. The molecule has 0 unspecified atom stereocenters. The molecule has 1 aliphatic heterocycles. The number of carbonyl (C=O) groups excluding carboxylic acids is 1. The average Bonchev–Trinajstić information content (AvgIpc) is 3.51. The smallest absolute Gasteiger partial charge is 0.233 e. The largest absolute Gasteiger partial charge is 0.493 e. The van der Waals surface area contributed by atoms with E-state index in [2.05, 4.69) is 25.5 Å². The Labute approximate surface area is 211 Å². The minimum Gasteiger partial charge on any atom is -0.493 e. The van der Waals surface area contributed by atoms with Gasteiger partial charge in [-0.05, 0) is 54.4 Å². The Morgan fingerprint density at radius 1 is 1.03 bits per heavy atom. The molecule has 9 nitrogen and oxygen atoms in total. The molecule has 6 rings (SSSR count). The maximum Gasteiger partial charge on any atom is 0.233 e. The van der Waals surface area contributed by atoms with Gasteiger partial charge in [0.2, 0.25) is 5.91 Å². The zero-order chi connectivity index (χ0) is 25.5. The predicted octanol–water partition coefficient (Wildman–Crippen LogP) is 4.54. The van der Waals surface area contributed by atoms with Crippen LogP contribution in [-0.4, -0.2) is 46.8 Å². The fraction of sp³-hybridized carbons (Fsp3) is 0.185. The standard InChI is InChI=1S/C27H23FN6O3/c1-36-24-11-19-21(12-25(24)37-2)29-14-30-27(19)31-17-4-6-23-15(9-17)7-8-34(23)26(35)13-22-18-10-16(28)3-5-20(18)32-33-22/h3-6,9-12,14H,7-8,13H2,1-2H3,(H,32,33)(H,29,30,31). The van der Waals surface area contributed by atoms with Crippen LogP contribution in [-0.2, 0) is 17.6 Å². The summed E-state index contributed by atoms with van der Waals surface area (Å²) < 4.78 is 24.5. The third-order valence-corrected chi connectivity index (χ3v) is 6.60. The number of carbonyl (C=O) groups is 1. The van der Waals surface area contributed by atoms with Gasteiger partial charge in [-0.1, -0.05) is 0 Å². The van der Waals surface area contributed by atoms with E-state index in [0.717, 1.165) is 34.3 Å². The molecule has 0 bridgehead atoms. The van der Waals surface area contributed by atoms with Crippen LogP contribution in [0.25, 0.3) is 21.8 Å². The zero-order valence-corrected chi connectivity index (χ0v) is 20.2. The lowest BCUT2D eigenvalue weighted by atomic mass is 10.1. The minimum atomic E-state index is -0.358. The number of halogens is 1. The van der Waals surface area contributed by atoms with Crippen LogP contribution in [0.5, 0.6) is 11.5 Å². The Morgan fingerprint density at radius 2 is 1.86 bits per heavy atom. The summed E-state index contributed by atoms with van der Waals surface area (Å²) >= 11 is 0. The molecule has 2 aromatic heterocycles. The molecule has 0 spiro atoms. The number of nitrogens with one attached hydrogen (secondary N) is 2. The van der Waals surface area contributed by atoms with Crippen molar-refractivity contribution in [1.82, 2.24) is 20.2 Å². The molecule has 10 heteroatoms. The molecule has 0 saturated carbocycles. The normalized spacial score (nSPS) is 12.7. The molecular weight excluding hydrogens is 475 g/mol. The van der Waals surface area contributed by atoms with E-state index in [1.807, 2.05) is 30.3 Å². The highest BCUT2D eigenvalue weighted by atomic mass is 19.1. The van der Waals surface area contributed by atoms with E-state index in [0.29, 0.717) is 40.5 Å². The molecule has 1 amide bonds. The zero-order valence-electron chi connectivity index (χ0n) is 20.2. The third kappa shape index (κ3) is 4.06. The number of hydrogen-bond acceptors (Lipinski definition) is 7. The SMILES string of the molecule is COc1cc2ncnc(Nc3ccc4c(c3)CCN4C(=O)Cc3[nH]nc4ccc(F)cc34)c2cc1OC. The van der Waals surface area contributed by atoms with E-state index in [1.165, 1.54) is 18.5 Å². The number of anilines is 3. The van der Waals surface area contributed by atoms with Gasteiger partial charge in [0.15, 0.2) is 11.5 Å². The van der Waals surface area contributed by atoms with Crippen molar-refractivity contribution in [3.05, 3.63) is 71.9 Å². The third-order valence-electron chi connectivity index (χ3n) is 6.60. The van der Waals surface area contributed by atoms with Crippen LogP contribution in [0, 0.1) is 5.82 Å². The molecule has 0 radical (unpaired) electrons. The highest BCUT2D eigenvalue weighted by Gasteiger charge is 2.26. The summed E-state index contributed by atoms with van der Waals surface area (Å²) in [5.41, 5.74) is 4.72. The van der Waals surface area contributed by atoms with Crippen LogP contribution in [0.3, 0.4) is 0 Å². The first-order valence-electron chi connectivity index (χ1n) is 11.7. The van der Waals surface area contributed by atoms with Crippen molar-refractivity contribution >= 4 is 44.9 Å². The second-order valence-electron chi connectivity index (χ2n) is 8.75. The fourth-order valence-corrected chi connectivity index (χ4v) is 4.77. The van der Waals surface area contributed by atoms with Gasteiger partial charge >= 0.3 is 0 Å². The lowest BCUT2D eigenvalue weighted by Crippen LogP contribution is -2.30. The lowest BCUT2D eigenvalue weighted by molar-refractivity contribution is -0.117. The van der Waals surface area contributed by atoms with Crippen LogP contribution in [0.15, 0.2) is 54.9 Å². The number of fused-ring (bicyclic) bond motifs is 3. The second-order valence-corrected chi connectivity index (χ2v) is 8.75. The van der Waals surface area contributed by atoms with Crippen molar-refractivity contribution in [2.75, 3.05) is 31.0 Å². The summed E-state index contributed by atoms with van der Waals surface area (Å²) in [7, 11) is 3.17. The van der Waals surface area contributed by atoms with Gasteiger partial charge in [0.25, 0.3) is 0 Å². The van der Waals surface area contributed by atoms with E-state index in [9.17, 15) is 9.18 Å². The van der Waals surface area contributed by atoms with Crippen molar-refractivity contribution in [3.63, 3.8) is 0 Å². The Bertz CT molecular complexity index is 1670. The topological polar surface area (TPSA) is 105 Å². The summed E-state index contributed by atoms with van der Waals surface area (Å²) in [4.78, 5) is 23.7. The molecule has 5 aromatic rings. The number of nitrogens with zero attached hydrogens (tertiary/aromatic N) is 4. The van der Waals surface area contributed by atoms with Gasteiger partial charge in [0, 0.05) is 34.8 Å². The highest BCUT2D eigenvalue weighted by Crippen LogP contribution is 2.36. The first kappa shape index (κ1) is 22.7. The Morgan fingerprint density at radius 3 is 2.70 bits per heavy atom. The van der Waals surface area contributed by atoms with Crippen LogP contribution < -0.4 is 19.7 Å². The van der Waals surface area contributed by atoms with Crippen molar-refractivity contribution in [3.8, 4) is 11.5 Å². The quantitative estimate of drug-likeness (QED) is 0.354. The van der Waals surface area contributed by atoms with Crippen molar-refractivity contribution in [2.45, 2.75) is 12.8 Å². The predicted molar refractivity (Wildman–Crippen MR) is 138 cm³/mol. The van der Waals surface area contributed by atoms with E-state index in [-0.39, 0.29) is 18.1 Å². The van der Waals surface area contributed by atoms with Gasteiger partial charge in [-0.25, -0.2) is 14.4 Å². The van der Waals surface area contributed by atoms with E-state index in [1.54, 1.807) is 25.2 Å². The molecule has 0 saturated heterocycles. The van der Waals surface area contributed by atoms with Crippen molar-refractivity contribution in [2.24, 2.45) is 0 Å². The number of methoxy groups -OCH3 is 2. The van der Waals surface area contributed by atoms with Crippen molar-refractivity contribution in [1.29, 1.82) is 0 Å². The molecule has 186 valence electrons. The number of benzene rings is 3. The lowest BCUT2D eigenvalue weighted by Gasteiger charge is -2.18. The molecule has 0 aliphatic carbocycles. The van der Waals surface area contributed by atoms with Crippen molar-refractivity contribution < 1.29 is 18.7 Å². The number of hydrogen-bond donors (Lipinski definition) is 2. The summed E-state index contributed by atoms with van der Waals surface area (Å²) in [6, 6.07) is 13.9. The van der Waals surface area contributed by atoms with Gasteiger partial charge in [-0.2, -0.15) is 5.10 Å². The first-order chi connectivity index (χ1) is 18.0. The van der Waals surface area contributed by atoms with Gasteiger partial charge in [-0.15, -0.1) is 0 Å². The fourth-order valence-electron chi connectivity index (χ4n) is 4.77. The molecular formula is C27H23FN6O3. The first-order valence-corrected chi connectivity index (χ1v) is 11.7. The molecule has 0 atom stereocenters. The minimum absolute atomic E-state index is 0.0721. The van der Waals surface area contributed by atoms with Crippen LogP contribution in [0.1, 0.15) is 11.3 Å². The summed E-state index contributed by atoms with van der Waals surface area (Å²) in [6.07, 6.45) is 2.33.